The Hall–Kier alpha value is -3.55. The van der Waals surface area contributed by atoms with Crippen molar-refractivity contribution in [3.8, 4) is 0 Å². The lowest BCUT2D eigenvalue weighted by atomic mass is 9.96. The van der Waals surface area contributed by atoms with Crippen molar-refractivity contribution in [2.24, 2.45) is 0 Å². The fourth-order valence-corrected chi connectivity index (χ4v) is 10.3. The summed E-state index contributed by atoms with van der Waals surface area (Å²) >= 11 is 0. The number of aliphatic hydroxyl groups excluding tert-OH is 11. The molecule has 0 radical (unpaired) electrons. The first-order chi connectivity index (χ1) is 42.3. The summed E-state index contributed by atoms with van der Waals surface area (Å²) in [6.45, 7) is 1.55. The van der Waals surface area contributed by atoms with Gasteiger partial charge in [-0.25, -0.2) is 0 Å². The highest BCUT2D eigenvalue weighted by Gasteiger charge is 2.53. The summed E-state index contributed by atoms with van der Waals surface area (Å²) in [4.78, 5) is 13.3. The van der Waals surface area contributed by atoms with Crippen molar-refractivity contribution in [1.29, 1.82) is 0 Å². The standard InChI is InChI=1S/C68H113NO18/c1-3-5-7-9-11-13-15-16-17-18-19-20-21-22-23-24-25-26-27-28-29-30-31-32-33-34-36-38-40-42-44-46-56(74)69-51(52(73)45-43-41-39-37-35-14-12-10-8-6-4-2)50-82-66-62(80)59(77)64(54(48-71)84-66)87-68-63(81)60(78)65(55(49-72)85-68)86-67-61(79)58(76)57(75)53(47-70)83-67/h5,7,11,13,16-17,19-20,22-23,25-26,28-29,31-32,43,45,51-55,57-68,70-73,75-81H,3-4,6,8-10,12,14-15,18,21,24,27,30,33-42,44,46-50H2,1-2H3,(H,69,74)/b7-5-,13-11-,17-16-,20-19-,23-22-,26-25-,29-28-,32-31-,45-43+. The summed E-state index contributed by atoms with van der Waals surface area (Å²) in [7, 11) is 0. The summed E-state index contributed by atoms with van der Waals surface area (Å²) < 4.78 is 34.2. The zero-order valence-corrected chi connectivity index (χ0v) is 52.2. The molecular weight excluding hydrogens is 1120 g/mol. The van der Waals surface area contributed by atoms with Gasteiger partial charge in [-0.05, 0) is 83.5 Å². The highest BCUT2D eigenvalue weighted by Crippen LogP contribution is 2.33. The highest BCUT2D eigenvalue weighted by molar-refractivity contribution is 5.76. The third-order valence-corrected chi connectivity index (χ3v) is 15.6. The van der Waals surface area contributed by atoms with Crippen LogP contribution < -0.4 is 5.32 Å². The molecule has 19 heteroatoms. The molecule has 0 aromatic carbocycles. The van der Waals surface area contributed by atoms with Crippen molar-refractivity contribution in [2.45, 2.75) is 285 Å². The molecule has 3 aliphatic rings. The summed E-state index contributed by atoms with van der Waals surface area (Å²) in [6, 6.07) is -0.988. The lowest BCUT2D eigenvalue weighted by Gasteiger charge is -2.48. The maximum atomic E-state index is 13.3. The molecule has 1 amide bonds. The molecule has 0 spiro atoms. The van der Waals surface area contributed by atoms with Crippen molar-refractivity contribution >= 4 is 5.91 Å². The molecule has 3 fully saturated rings. The smallest absolute Gasteiger partial charge is 0.220 e. The van der Waals surface area contributed by atoms with E-state index in [4.69, 9.17) is 28.4 Å². The van der Waals surface area contributed by atoms with E-state index < -0.39 is 124 Å². The van der Waals surface area contributed by atoms with Crippen LogP contribution in [0.25, 0.3) is 0 Å². The average molecular weight is 1230 g/mol. The van der Waals surface area contributed by atoms with E-state index in [1.807, 2.05) is 6.08 Å². The topological polar surface area (TPSA) is 307 Å². The largest absolute Gasteiger partial charge is 0.394 e. The molecule has 17 unspecified atom stereocenters. The zero-order chi connectivity index (χ0) is 63.3. The van der Waals surface area contributed by atoms with Gasteiger partial charge in [-0.3, -0.25) is 4.79 Å². The molecule has 498 valence electrons. The van der Waals surface area contributed by atoms with Gasteiger partial charge in [0.15, 0.2) is 18.9 Å². The summed E-state index contributed by atoms with van der Waals surface area (Å²) in [5.41, 5.74) is 0. The van der Waals surface area contributed by atoms with Gasteiger partial charge in [-0.15, -0.1) is 0 Å². The molecule has 87 heavy (non-hydrogen) atoms. The van der Waals surface area contributed by atoms with Crippen LogP contribution in [0, 0.1) is 0 Å². The van der Waals surface area contributed by atoms with Gasteiger partial charge in [0.25, 0.3) is 0 Å². The van der Waals surface area contributed by atoms with E-state index in [0.717, 1.165) is 116 Å². The Kier molecular flexibility index (Phi) is 43.9. The van der Waals surface area contributed by atoms with Crippen LogP contribution in [0.2, 0.25) is 0 Å². The second-order valence-electron chi connectivity index (χ2n) is 22.8. The Morgan fingerprint density at radius 1 is 0.425 bits per heavy atom. The normalized spacial score (nSPS) is 29.3. The van der Waals surface area contributed by atoms with E-state index >= 15 is 0 Å². The van der Waals surface area contributed by atoms with Crippen LogP contribution >= 0.6 is 0 Å². The Balaban J connectivity index is 1.41. The van der Waals surface area contributed by atoms with Crippen molar-refractivity contribution in [3.05, 3.63) is 109 Å². The minimum absolute atomic E-state index is 0.218. The van der Waals surface area contributed by atoms with Crippen molar-refractivity contribution in [2.75, 3.05) is 26.4 Å². The molecule has 0 aromatic heterocycles. The molecule has 0 aromatic rings. The quantitative estimate of drug-likeness (QED) is 0.0207. The number of carbonyl (C=O) groups is 1. The first kappa shape index (κ1) is 77.7. The molecule has 3 aliphatic heterocycles. The van der Waals surface area contributed by atoms with E-state index in [-0.39, 0.29) is 18.9 Å². The Morgan fingerprint density at radius 2 is 0.793 bits per heavy atom. The van der Waals surface area contributed by atoms with E-state index in [1.165, 1.54) is 38.5 Å². The number of carbonyl (C=O) groups excluding carboxylic acids is 1. The number of hydrogen-bond acceptors (Lipinski definition) is 18. The van der Waals surface area contributed by atoms with E-state index in [9.17, 15) is 61.0 Å². The number of rotatable bonds is 47. The zero-order valence-electron chi connectivity index (χ0n) is 52.2. The number of allylic oxidation sites excluding steroid dienone is 17. The highest BCUT2D eigenvalue weighted by atomic mass is 16.8. The predicted octanol–water partition coefficient (Wildman–Crippen LogP) is 7.49. The maximum Gasteiger partial charge on any atom is 0.220 e. The molecule has 0 aliphatic carbocycles. The maximum absolute atomic E-state index is 13.3. The minimum Gasteiger partial charge on any atom is -0.394 e. The number of nitrogens with one attached hydrogen (secondary N) is 1. The van der Waals surface area contributed by atoms with E-state index in [1.54, 1.807) is 6.08 Å². The van der Waals surface area contributed by atoms with E-state index in [2.05, 4.69) is 116 Å². The van der Waals surface area contributed by atoms with Crippen LogP contribution in [0.5, 0.6) is 0 Å². The first-order valence-electron chi connectivity index (χ1n) is 32.6. The van der Waals surface area contributed by atoms with E-state index in [0.29, 0.717) is 6.42 Å². The second-order valence-corrected chi connectivity index (χ2v) is 22.8. The van der Waals surface area contributed by atoms with Crippen LogP contribution in [0.1, 0.15) is 181 Å². The van der Waals surface area contributed by atoms with Gasteiger partial charge < -0.3 is 89.9 Å². The minimum atomic E-state index is -1.98. The molecule has 17 atom stereocenters. The van der Waals surface area contributed by atoms with Gasteiger partial charge >= 0.3 is 0 Å². The summed E-state index contributed by atoms with van der Waals surface area (Å²) in [6.07, 6.45) is 37.9. The average Bonchev–Trinajstić information content (AvgIpc) is 3.71. The number of amides is 1. The Morgan fingerprint density at radius 3 is 1.24 bits per heavy atom. The van der Waals surface area contributed by atoms with Crippen LogP contribution in [0.4, 0.5) is 0 Å². The third kappa shape index (κ3) is 31.8. The van der Waals surface area contributed by atoms with Gasteiger partial charge in [0, 0.05) is 6.42 Å². The number of ether oxygens (including phenoxy) is 6. The number of hydrogen-bond donors (Lipinski definition) is 12. The van der Waals surface area contributed by atoms with Crippen LogP contribution in [0.15, 0.2) is 109 Å². The lowest BCUT2D eigenvalue weighted by molar-refractivity contribution is -0.379. The molecule has 3 rings (SSSR count). The second kappa shape index (κ2) is 49.2. The van der Waals surface area contributed by atoms with Gasteiger partial charge in [0.1, 0.15) is 73.2 Å². The first-order valence-corrected chi connectivity index (χ1v) is 32.6. The van der Waals surface area contributed by atoms with Gasteiger partial charge in [-0.2, -0.15) is 0 Å². The monoisotopic (exact) mass is 1230 g/mol. The third-order valence-electron chi connectivity index (χ3n) is 15.6. The molecule has 19 nitrogen and oxygen atoms in total. The SMILES string of the molecule is CC/C=C\C/C=C\C/C=C\C/C=C\C/C=C\C/C=C\C/C=C\C/C=C\CCCCCCCCC(=O)NC(COC1OC(CO)C(OC2OC(CO)C(OC3OC(CO)C(O)C(O)C3O)C(O)C2O)C(O)C1O)C(O)/C=C/CCCCCCCCCCC. The molecule has 0 saturated carbocycles. The summed E-state index contributed by atoms with van der Waals surface area (Å²) in [5, 5.41) is 120. The Labute approximate surface area is 519 Å². The molecule has 0 bridgehead atoms. The molecular formula is C68H113NO18. The van der Waals surface area contributed by atoms with Crippen LogP contribution in [0.3, 0.4) is 0 Å². The Bertz CT molecular complexity index is 2000. The predicted molar refractivity (Wildman–Crippen MR) is 337 cm³/mol. The fraction of sp³-hybridized carbons (Fsp3) is 0.721. The molecule has 12 N–H and O–H groups in total. The molecule has 3 heterocycles. The summed E-state index contributed by atoms with van der Waals surface area (Å²) in [5.74, 6) is -0.298. The lowest BCUT2D eigenvalue weighted by Crippen LogP contribution is -2.66. The van der Waals surface area contributed by atoms with Crippen LogP contribution in [-0.2, 0) is 33.2 Å². The molecule has 3 saturated heterocycles. The number of unbranched alkanes of at least 4 members (excludes halogenated alkanes) is 15. The number of aliphatic hydroxyl groups is 11. The van der Waals surface area contributed by atoms with Gasteiger partial charge in [0.05, 0.1) is 38.6 Å². The van der Waals surface area contributed by atoms with Crippen LogP contribution in [-0.4, -0.2) is 193 Å². The fourth-order valence-electron chi connectivity index (χ4n) is 10.3. The van der Waals surface area contributed by atoms with Gasteiger partial charge in [-0.1, -0.05) is 200 Å². The van der Waals surface area contributed by atoms with Crippen molar-refractivity contribution in [3.63, 3.8) is 0 Å². The van der Waals surface area contributed by atoms with Gasteiger partial charge in [0.2, 0.25) is 5.91 Å². The van der Waals surface area contributed by atoms with Crippen molar-refractivity contribution < 1.29 is 89.4 Å². The van der Waals surface area contributed by atoms with Crippen molar-refractivity contribution in [1.82, 2.24) is 5.32 Å².